The van der Waals surface area contributed by atoms with Gasteiger partial charge in [-0.05, 0) is 60.8 Å². The van der Waals surface area contributed by atoms with Crippen LogP contribution in [0.25, 0.3) is 10.6 Å². The number of pyridine rings is 1. The van der Waals surface area contributed by atoms with E-state index >= 15 is 0 Å². The molecule has 0 bridgehead atoms. The van der Waals surface area contributed by atoms with Gasteiger partial charge in [-0.25, -0.2) is 9.97 Å². The van der Waals surface area contributed by atoms with E-state index in [-0.39, 0.29) is 29.6 Å². The Morgan fingerprint density at radius 2 is 2.07 bits per heavy atom. The van der Waals surface area contributed by atoms with Crippen molar-refractivity contribution >= 4 is 17.2 Å². The van der Waals surface area contributed by atoms with Crippen molar-refractivity contribution in [3.8, 4) is 16.5 Å². The number of amides is 1. The van der Waals surface area contributed by atoms with Crippen LogP contribution in [0.4, 0.5) is 0 Å². The number of carbonyl (C=O) groups is 1. The number of nitrogens with one attached hydrogen (secondary N) is 2. The second kappa shape index (κ2) is 12.6. The molecule has 2 aromatic heterocycles. The first-order valence-electron chi connectivity index (χ1n) is 14.5. The lowest BCUT2D eigenvalue weighted by atomic mass is 9.73. The summed E-state index contributed by atoms with van der Waals surface area (Å²) in [5.41, 5.74) is 4.23. The first-order valence-corrected chi connectivity index (χ1v) is 15.4. The van der Waals surface area contributed by atoms with Gasteiger partial charge >= 0.3 is 0 Å². The van der Waals surface area contributed by atoms with Gasteiger partial charge in [0.05, 0.1) is 12.1 Å². The summed E-state index contributed by atoms with van der Waals surface area (Å²) in [6, 6.07) is 9.83. The largest absolute Gasteiger partial charge is 0.471 e. The lowest BCUT2D eigenvalue weighted by molar-refractivity contribution is -0.126. The van der Waals surface area contributed by atoms with E-state index in [1.165, 1.54) is 12.7 Å². The zero-order valence-corrected chi connectivity index (χ0v) is 25.3. The molecule has 3 heterocycles. The van der Waals surface area contributed by atoms with E-state index in [0.717, 1.165) is 53.8 Å². The zero-order valence-electron chi connectivity index (χ0n) is 24.5. The van der Waals surface area contributed by atoms with Crippen molar-refractivity contribution in [2.45, 2.75) is 83.1 Å². The molecule has 1 aromatic carbocycles. The molecule has 9 heteroatoms. The Balaban J connectivity index is 1.33. The van der Waals surface area contributed by atoms with Gasteiger partial charge < -0.3 is 25.2 Å². The SMILES string of the molecule is COCC(=O)NC(Cc1cccc(-c2nccs2)c1)[C@H](O)CN[C@H]1CC2(CCC2)Oc2ncc(CC(C)(C)C)cc21. The molecule has 220 valence electrons. The summed E-state index contributed by atoms with van der Waals surface area (Å²) < 4.78 is 11.5. The second-order valence-corrected chi connectivity index (χ2v) is 13.6. The van der Waals surface area contributed by atoms with E-state index in [2.05, 4.69) is 48.5 Å². The van der Waals surface area contributed by atoms with Crippen molar-refractivity contribution < 1.29 is 19.4 Å². The topological polar surface area (TPSA) is 106 Å². The molecule has 0 radical (unpaired) electrons. The quantitative estimate of drug-likeness (QED) is 0.298. The van der Waals surface area contributed by atoms with Gasteiger partial charge in [-0.1, -0.05) is 39.0 Å². The van der Waals surface area contributed by atoms with Crippen molar-refractivity contribution in [3.05, 3.63) is 64.8 Å². The van der Waals surface area contributed by atoms with Crippen LogP contribution in [0.1, 0.15) is 69.2 Å². The van der Waals surface area contributed by atoms with Crippen LogP contribution in [0.5, 0.6) is 5.88 Å². The third kappa shape index (κ3) is 7.52. The lowest BCUT2D eigenvalue weighted by Crippen LogP contribution is -2.52. The molecular formula is C32H42N4O4S. The van der Waals surface area contributed by atoms with Gasteiger partial charge in [-0.3, -0.25) is 4.79 Å². The highest BCUT2D eigenvalue weighted by Crippen LogP contribution is 2.48. The number of nitrogens with zero attached hydrogens (tertiary/aromatic N) is 2. The van der Waals surface area contributed by atoms with Gasteiger partial charge in [-0.2, -0.15) is 0 Å². The summed E-state index contributed by atoms with van der Waals surface area (Å²) in [6.07, 6.45) is 8.32. The van der Waals surface area contributed by atoms with Crippen LogP contribution in [0.2, 0.25) is 0 Å². The average Bonchev–Trinajstić information content (AvgIpc) is 3.45. The van der Waals surface area contributed by atoms with Crippen LogP contribution in [0.3, 0.4) is 0 Å². The molecular weight excluding hydrogens is 536 g/mol. The monoisotopic (exact) mass is 578 g/mol. The zero-order chi connectivity index (χ0) is 29.0. The first-order chi connectivity index (χ1) is 19.6. The van der Waals surface area contributed by atoms with Crippen LogP contribution in [-0.4, -0.2) is 59.0 Å². The summed E-state index contributed by atoms with van der Waals surface area (Å²) in [4.78, 5) is 21.7. The summed E-state index contributed by atoms with van der Waals surface area (Å²) >= 11 is 1.58. The lowest BCUT2D eigenvalue weighted by Gasteiger charge is -2.47. The maximum atomic E-state index is 12.6. The number of aliphatic hydroxyl groups excluding tert-OH is 1. The first kappa shape index (κ1) is 29.6. The summed E-state index contributed by atoms with van der Waals surface area (Å²) in [5.74, 6) is 0.443. The number of fused-ring (bicyclic) bond motifs is 1. The fourth-order valence-corrected chi connectivity index (χ4v) is 6.50. The van der Waals surface area contributed by atoms with E-state index in [4.69, 9.17) is 14.5 Å². The van der Waals surface area contributed by atoms with Gasteiger partial charge in [0.1, 0.15) is 17.2 Å². The van der Waals surface area contributed by atoms with Gasteiger partial charge in [0, 0.05) is 55.0 Å². The molecule has 1 aliphatic carbocycles. The number of hydrogen-bond donors (Lipinski definition) is 3. The van der Waals surface area contributed by atoms with Crippen LogP contribution in [-0.2, 0) is 22.4 Å². The average molecular weight is 579 g/mol. The van der Waals surface area contributed by atoms with E-state index in [9.17, 15) is 9.90 Å². The number of rotatable bonds is 11. The van der Waals surface area contributed by atoms with Crippen molar-refractivity contribution in [1.29, 1.82) is 0 Å². The molecule has 41 heavy (non-hydrogen) atoms. The van der Waals surface area contributed by atoms with E-state index in [0.29, 0.717) is 18.8 Å². The van der Waals surface area contributed by atoms with Crippen molar-refractivity contribution in [2.75, 3.05) is 20.3 Å². The molecule has 0 saturated heterocycles. The van der Waals surface area contributed by atoms with Crippen molar-refractivity contribution in [1.82, 2.24) is 20.6 Å². The maximum absolute atomic E-state index is 12.6. The molecule has 1 fully saturated rings. The Bertz CT molecular complexity index is 1320. The standard InChI is InChI=1S/C32H42N4O4S/c1-31(2,3)16-22-14-24-26(17-32(9-6-10-32)40-29(24)35-18-22)34-19-27(37)25(36-28(38)20-39-4)15-21-7-5-8-23(13-21)30-33-11-12-41-30/h5,7-8,11-14,18,25-27,34,37H,6,9-10,15-17,19-20H2,1-4H3,(H,36,38)/t25?,26-,27+/m0/s1. The number of methoxy groups -OCH3 is 1. The fourth-order valence-electron chi connectivity index (χ4n) is 5.87. The molecule has 1 spiro atoms. The van der Waals surface area contributed by atoms with Crippen LogP contribution in [0, 0.1) is 5.41 Å². The minimum atomic E-state index is -0.825. The van der Waals surface area contributed by atoms with E-state index < -0.39 is 12.1 Å². The Hall–Kier alpha value is -2.85. The number of hydrogen-bond acceptors (Lipinski definition) is 8. The summed E-state index contributed by atoms with van der Waals surface area (Å²) in [7, 11) is 1.49. The van der Waals surface area contributed by atoms with Crippen molar-refractivity contribution in [2.24, 2.45) is 5.41 Å². The highest BCUT2D eigenvalue weighted by molar-refractivity contribution is 7.13. The number of benzene rings is 1. The molecule has 1 aliphatic heterocycles. The third-order valence-electron chi connectivity index (χ3n) is 7.92. The highest BCUT2D eigenvalue weighted by Gasteiger charge is 2.46. The Morgan fingerprint density at radius 3 is 2.76 bits per heavy atom. The van der Waals surface area contributed by atoms with Gasteiger partial charge in [0.2, 0.25) is 11.8 Å². The number of ether oxygens (including phenoxy) is 2. The van der Waals surface area contributed by atoms with E-state index in [1.807, 2.05) is 29.8 Å². The van der Waals surface area contributed by atoms with Crippen LogP contribution >= 0.6 is 11.3 Å². The number of aliphatic hydroxyl groups is 1. The Labute approximate surface area is 246 Å². The summed E-state index contributed by atoms with van der Waals surface area (Å²) in [5, 5.41) is 21.0. The number of aromatic nitrogens is 2. The maximum Gasteiger partial charge on any atom is 0.246 e. The van der Waals surface area contributed by atoms with Crippen molar-refractivity contribution in [3.63, 3.8) is 0 Å². The highest BCUT2D eigenvalue weighted by atomic mass is 32.1. The molecule has 5 rings (SSSR count). The number of thiazole rings is 1. The van der Waals surface area contributed by atoms with Crippen LogP contribution < -0.4 is 15.4 Å². The molecule has 3 N–H and O–H groups in total. The molecule has 2 aliphatic rings. The minimum Gasteiger partial charge on any atom is -0.471 e. The van der Waals surface area contributed by atoms with Gasteiger partial charge in [-0.15, -0.1) is 11.3 Å². The smallest absolute Gasteiger partial charge is 0.246 e. The Kier molecular flexibility index (Phi) is 9.09. The van der Waals surface area contributed by atoms with Gasteiger partial charge in [0.15, 0.2) is 0 Å². The van der Waals surface area contributed by atoms with Gasteiger partial charge in [0.25, 0.3) is 0 Å². The normalized spacial score (nSPS) is 19.1. The van der Waals surface area contributed by atoms with Crippen LogP contribution in [0.15, 0.2) is 48.1 Å². The molecule has 3 atom stereocenters. The molecule has 1 unspecified atom stereocenters. The number of carbonyl (C=O) groups excluding carboxylic acids is 1. The summed E-state index contributed by atoms with van der Waals surface area (Å²) in [6.45, 7) is 6.93. The predicted molar refractivity (Wildman–Crippen MR) is 161 cm³/mol. The molecule has 3 aromatic rings. The predicted octanol–water partition coefficient (Wildman–Crippen LogP) is 4.86. The molecule has 1 amide bonds. The Morgan fingerprint density at radius 1 is 1.24 bits per heavy atom. The second-order valence-electron chi connectivity index (χ2n) is 12.7. The molecule has 1 saturated carbocycles. The molecule has 8 nitrogen and oxygen atoms in total. The third-order valence-corrected chi connectivity index (χ3v) is 8.74. The fraction of sp³-hybridized carbons (Fsp3) is 0.531. The van der Waals surface area contributed by atoms with E-state index in [1.54, 1.807) is 17.5 Å². The minimum absolute atomic E-state index is 0.00433.